The Kier molecular flexibility index (Phi) is 6.91. The minimum absolute atomic E-state index is 0.162. The highest BCUT2D eigenvalue weighted by atomic mass is 19.1. The molecule has 4 fully saturated rings. The fourth-order valence-electron chi connectivity index (χ4n) is 6.79. The molecule has 2 saturated carbocycles. The molecule has 2 unspecified atom stereocenters. The molecule has 2 atom stereocenters. The van der Waals surface area contributed by atoms with Crippen LogP contribution in [0.5, 0.6) is 0 Å². The molecule has 1 amide bonds. The molecule has 5 rings (SSSR count). The largest absolute Gasteiger partial charge is 0.378 e. The summed E-state index contributed by atoms with van der Waals surface area (Å²) in [5, 5.41) is 3.07. The maximum Gasteiger partial charge on any atom is 0.251 e. The van der Waals surface area contributed by atoms with Gasteiger partial charge in [0.2, 0.25) is 0 Å². The number of nitrogens with zero attached hydrogens (tertiary/aromatic N) is 2. The van der Waals surface area contributed by atoms with Gasteiger partial charge in [-0.25, -0.2) is 4.39 Å². The number of benzene rings is 1. The first-order valence-corrected chi connectivity index (χ1v) is 13.4. The van der Waals surface area contributed by atoms with E-state index in [1.807, 2.05) is 4.90 Å². The lowest BCUT2D eigenvalue weighted by molar-refractivity contribution is 0.0947. The van der Waals surface area contributed by atoms with Crippen molar-refractivity contribution in [1.29, 1.82) is 0 Å². The Morgan fingerprint density at radius 1 is 1.09 bits per heavy atom. The molecule has 1 aromatic rings. The Morgan fingerprint density at radius 2 is 1.76 bits per heavy atom. The van der Waals surface area contributed by atoms with E-state index in [-0.39, 0.29) is 11.7 Å². The summed E-state index contributed by atoms with van der Waals surface area (Å²) in [5.74, 6) is 3.31. The number of ether oxygens (including phenoxy) is 1. The molecule has 2 aliphatic heterocycles. The molecule has 0 bridgehead atoms. The maximum absolute atomic E-state index is 14.6. The van der Waals surface area contributed by atoms with Gasteiger partial charge in [0.25, 0.3) is 5.91 Å². The molecular formula is C28H42FN3O2. The SMILES string of the molecule is CC(C)(C)C1CCC(CN2CC3C(CNC(=O)c4ccc(N5CCOCC5)c(F)c4)C3C2)CC1. The van der Waals surface area contributed by atoms with E-state index in [1.54, 1.807) is 12.1 Å². The number of halogens is 1. The lowest BCUT2D eigenvalue weighted by Gasteiger charge is -2.38. The molecule has 5 nitrogen and oxygen atoms in total. The molecule has 2 aliphatic carbocycles. The smallest absolute Gasteiger partial charge is 0.251 e. The molecule has 34 heavy (non-hydrogen) atoms. The first-order chi connectivity index (χ1) is 16.3. The van der Waals surface area contributed by atoms with Crippen LogP contribution in [0, 0.1) is 40.8 Å². The van der Waals surface area contributed by atoms with Gasteiger partial charge in [-0.1, -0.05) is 20.8 Å². The van der Waals surface area contributed by atoms with E-state index >= 15 is 0 Å². The van der Waals surface area contributed by atoms with Gasteiger partial charge in [-0.15, -0.1) is 0 Å². The lowest BCUT2D eigenvalue weighted by Crippen LogP contribution is -2.37. The lowest BCUT2D eigenvalue weighted by atomic mass is 9.70. The van der Waals surface area contributed by atoms with Crippen LogP contribution in [0.3, 0.4) is 0 Å². The van der Waals surface area contributed by atoms with Gasteiger partial charge in [0.15, 0.2) is 0 Å². The number of rotatable bonds is 6. The van der Waals surface area contributed by atoms with Crippen LogP contribution in [0.25, 0.3) is 0 Å². The number of hydrogen-bond acceptors (Lipinski definition) is 4. The van der Waals surface area contributed by atoms with Gasteiger partial charge in [0.05, 0.1) is 18.9 Å². The summed E-state index contributed by atoms with van der Waals surface area (Å²) in [4.78, 5) is 17.3. The van der Waals surface area contributed by atoms with Crippen molar-refractivity contribution in [3.8, 4) is 0 Å². The molecule has 188 valence electrons. The van der Waals surface area contributed by atoms with Crippen LogP contribution in [0.15, 0.2) is 18.2 Å². The van der Waals surface area contributed by atoms with E-state index in [0.717, 1.165) is 23.7 Å². The zero-order chi connectivity index (χ0) is 23.9. The minimum atomic E-state index is -0.329. The summed E-state index contributed by atoms with van der Waals surface area (Å²) in [6.45, 7) is 14.1. The predicted molar refractivity (Wildman–Crippen MR) is 134 cm³/mol. The van der Waals surface area contributed by atoms with E-state index in [1.165, 1.54) is 51.4 Å². The summed E-state index contributed by atoms with van der Waals surface area (Å²) >= 11 is 0. The number of fused-ring (bicyclic) bond motifs is 1. The highest BCUT2D eigenvalue weighted by molar-refractivity contribution is 5.94. The Bertz CT molecular complexity index is 859. The summed E-state index contributed by atoms with van der Waals surface area (Å²) in [5.41, 5.74) is 1.42. The monoisotopic (exact) mass is 471 g/mol. The quantitative estimate of drug-likeness (QED) is 0.667. The second-order valence-corrected chi connectivity index (χ2v) is 12.3. The van der Waals surface area contributed by atoms with Gasteiger partial charge >= 0.3 is 0 Å². The summed E-state index contributed by atoms with van der Waals surface area (Å²) in [6.07, 6.45) is 5.54. The number of amides is 1. The van der Waals surface area contributed by atoms with Crippen LogP contribution < -0.4 is 10.2 Å². The van der Waals surface area contributed by atoms with Gasteiger partial charge in [-0.3, -0.25) is 4.79 Å². The first-order valence-electron chi connectivity index (χ1n) is 13.4. The van der Waals surface area contributed by atoms with Crippen LogP contribution >= 0.6 is 0 Å². The third-order valence-corrected chi connectivity index (χ3v) is 9.09. The standard InChI is InChI=1S/C28H42FN3O2/c1-28(2,3)21-7-4-19(5-8-21)16-31-17-23-22(24(23)18-31)15-30-27(33)20-6-9-26(25(29)14-20)32-10-12-34-13-11-32/h6,9,14,19,21-24H,4-5,7-8,10-13,15-18H2,1-3H3,(H,30,33). The highest BCUT2D eigenvalue weighted by Gasteiger charge is 2.55. The fourth-order valence-corrected chi connectivity index (χ4v) is 6.79. The van der Waals surface area contributed by atoms with Crippen molar-refractivity contribution in [2.45, 2.75) is 46.5 Å². The third-order valence-electron chi connectivity index (χ3n) is 9.09. The molecular weight excluding hydrogens is 429 g/mol. The van der Waals surface area contributed by atoms with E-state index < -0.39 is 0 Å². The third kappa shape index (κ3) is 5.28. The van der Waals surface area contributed by atoms with Gasteiger partial charge in [-0.05, 0) is 78.9 Å². The van der Waals surface area contributed by atoms with Crippen molar-refractivity contribution in [2.24, 2.45) is 35.0 Å². The van der Waals surface area contributed by atoms with Crippen LogP contribution in [-0.2, 0) is 4.74 Å². The van der Waals surface area contributed by atoms with Crippen LogP contribution in [-0.4, -0.2) is 63.3 Å². The molecule has 0 radical (unpaired) electrons. The van der Waals surface area contributed by atoms with E-state index in [4.69, 9.17) is 4.74 Å². The normalized spacial score (nSPS) is 31.9. The molecule has 1 aromatic carbocycles. The molecule has 6 heteroatoms. The number of likely N-dealkylation sites (tertiary alicyclic amines) is 1. The second kappa shape index (κ2) is 9.77. The maximum atomic E-state index is 14.6. The average Bonchev–Trinajstić information content (AvgIpc) is 3.28. The zero-order valence-corrected chi connectivity index (χ0v) is 21.2. The van der Waals surface area contributed by atoms with Crippen LogP contribution in [0.2, 0.25) is 0 Å². The van der Waals surface area contributed by atoms with Crippen molar-refractivity contribution in [2.75, 3.05) is 57.4 Å². The van der Waals surface area contributed by atoms with Crippen molar-refractivity contribution in [3.05, 3.63) is 29.6 Å². The van der Waals surface area contributed by atoms with Gasteiger partial charge < -0.3 is 19.9 Å². The van der Waals surface area contributed by atoms with Gasteiger partial charge in [-0.2, -0.15) is 0 Å². The van der Waals surface area contributed by atoms with Crippen molar-refractivity contribution < 1.29 is 13.9 Å². The van der Waals surface area contributed by atoms with Crippen molar-refractivity contribution >= 4 is 11.6 Å². The summed E-state index contributed by atoms with van der Waals surface area (Å²) < 4.78 is 20.0. The Labute approximate surface area is 204 Å². The topological polar surface area (TPSA) is 44.8 Å². The summed E-state index contributed by atoms with van der Waals surface area (Å²) in [7, 11) is 0. The van der Waals surface area contributed by atoms with E-state index in [0.29, 0.717) is 55.4 Å². The molecule has 2 saturated heterocycles. The van der Waals surface area contributed by atoms with Gasteiger partial charge in [0.1, 0.15) is 5.82 Å². The molecule has 0 spiro atoms. The van der Waals surface area contributed by atoms with Crippen molar-refractivity contribution in [3.63, 3.8) is 0 Å². The Hall–Kier alpha value is -1.66. The Balaban J connectivity index is 1.03. The predicted octanol–water partition coefficient (Wildman–Crippen LogP) is 4.42. The number of anilines is 1. The average molecular weight is 472 g/mol. The molecule has 1 N–H and O–H groups in total. The number of hydrogen-bond donors (Lipinski definition) is 1. The molecule has 4 aliphatic rings. The summed E-state index contributed by atoms with van der Waals surface area (Å²) in [6, 6.07) is 4.85. The molecule has 0 aromatic heterocycles. The number of piperidine rings is 1. The zero-order valence-electron chi connectivity index (χ0n) is 21.2. The Morgan fingerprint density at radius 3 is 2.38 bits per heavy atom. The number of morpholine rings is 1. The first kappa shape index (κ1) is 24.1. The van der Waals surface area contributed by atoms with Crippen molar-refractivity contribution in [1.82, 2.24) is 10.2 Å². The number of carbonyl (C=O) groups excluding carboxylic acids is 1. The minimum Gasteiger partial charge on any atom is -0.378 e. The fraction of sp³-hybridized carbons (Fsp3) is 0.750. The number of carbonyl (C=O) groups is 1. The van der Waals surface area contributed by atoms with E-state index in [2.05, 4.69) is 31.0 Å². The van der Waals surface area contributed by atoms with Crippen LogP contribution in [0.1, 0.15) is 56.8 Å². The van der Waals surface area contributed by atoms with Crippen LogP contribution in [0.4, 0.5) is 10.1 Å². The number of nitrogens with one attached hydrogen (secondary N) is 1. The van der Waals surface area contributed by atoms with Gasteiger partial charge in [0, 0.05) is 44.8 Å². The van der Waals surface area contributed by atoms with E-state index in [9.17, 15) is 9.18 Å². The second-order valence-electron chi connectivity index (χ2n) is 12.3. The highest BCUT2D eigenvalue weighted by Crippen LogP contribution is 2.51. The molecule has 2 heterocycles.